The molecule has 0 radical (unpaired) electrons. The summed E-state index contributed by atoms with van der Waals surface area (Å²) in [5.74, 6) is 2.22. The molecular weight excluding hydrogens is 268 g/mol. The van der Waals surface area contributed by atoms with E-state index in [0.717, 1.165) is 18.7 Å². The van der Waals surface area contributed by atoms with Crippen LogP contribution in [-0.2, 0) is 6.42 Å². The molecule has 1 saturated carbocycles. The first-order chi connectivity index (χ1) is 10.3. The third kappa shape index (κ3) is 2.97. The highest BCUT2D eigenvalue weighted by atomic mass is 16.5. The first-order valence-corrected chi connectivity index (χ1v) is 7.45. The summed E-state index contributed by atoms with van der Waals surface area (Å²) in [5, 5.41) is 17.1. The smallest absolute Gasteiger partial charge is 0.232 e. The van der Waals surface area contributed by atoms with Crippen molar-refractivity contribution in [3.05, 3.63) is 28.7 Å². The normalized spacial score (nSPS) is 16.6. The molecule has 0 bridgehead atoms. The van der Waals surface area contributed by atoms with Crippen LogP contribution in [0, 0.1) is 18.3 Å². The summed E-state index contributed by atoms with van der Waals surface area (Å²) in [4.78, 5) is 4.49. The van der Waals surface area contributed by atoms with Crippen LogP contribution < -0.4 is 0 Å². The lowest BCUT2D eigenvalue weighted by Crippen LogP contribution is -2.00. The summed E-state index contributed by atoms with van der Waals surface area (Å²) >= 11 is 0. The second kappa shape index (κ2) is 6.08. The number of rotatable bonds is 3. The molecule has 0 aromatic carbocycles. The molecule has 6 heteroatoms. The molecule has 0 atom stereocenters. The minimum Gasteiger partial charge on any atom is -0.360 e. The van der Waals surface area contributed by atoms with E-state index in [1.54, 1.807) is 6.92 Å². The predicted octanol–water partition coefficient (Wildman–Crippen LogP) is 3.27. The molecule has 0 unspecified atom stereocenters. The molecule has 1 fully saturated rings. The Bertz CT molecular complexity index is 645. The molecule has 21 heavy (non-hydrogen) atoms. The molecule has 2 heterocycles. The van der Waals surface area contributed by atoms with E-state index in [-0.39, 0.29) is 0 Å². The third-order valence-corrected chi connectivity index (χ3v) is 4.07. The van der Waals surface area contributed by atoms with Gasteiger partial charge in [0.1, 0.15) is 17.3 Å². The van der Waals surface area contributed by atoms with Crippen molar-refractivity contribution in [2.45, 2.75) is 57.8 Å². The lowest BCUT2D eigenvalue weighted by Gasteiger charge is -2.07. The standard InChI is InChI=1S/C15H18N4O2/c1-10-12(9-16)13(18-20-10)8-14-17-15(19-21-14)11-6-4-2-3-5-7-11/h11H,2-8H2,1H3. The average molecular weight is 286 g/mol. The van der Waals surface area contributed by atoms with Crippen LogP contribution in [0.25, 0.3) is 0 Å². The fourth-order valence-corrected chi connectivity index (χ4v) is 2.87. The number of nitrogens with zero attached hydrogens (tertiary/aromatic N) is 4. The van der Waals surface area contributed by atoms with Crippen LogP contribution in [0.3, 0.4) is 0 Å². The maximum Gasteiger partial charge on any atom is 0.232 e. The maximum absolute atomic E-state index is 9.09. The maximum atomic E-state index is 9.09. The highest BCUT2D eigenvalue weighted by molar-refractivity contribution is 5.36. The van der Waals surface area contributed by atoms with Crippen molar-refractivity contribution < 1.29 is 9.05 Å². The number of nitriles is 1. The molecule has 110 valence electrons. The zero-order valence-corrected chi connectivity index (χ0v) is 12.1. The Morgan fingerprint density at radius 3 is 2.62 bits per heavy atom. The Labute approximate surface area is 123 Å². The van der Waals surface area contributed by atoms with E-state index in [1.165, 1.54) is 25.7 Å². The fraction of sp³-hybridized carbons (Fsp3) is 0.600. The van der Waals surface area contributed by atoms with Gasteiger partial charge in [-0.25, -0.2) is 0 Å². The van der Waals surface area contributed by atoms with Gasteiger partial charge in [-0.1, -0.05) is 36.0 Å². The lowest BCUT2D eigenvalue weighted by atomic mass is 10.00. The number of hydrogen-bond acceptors (Lipinski definition) is 6. The first-order valence-electron chi connectivity index (χ1n) is 7.45. The number of aromatic nitrogens is 3. The topological polar surface area (TPSA) is 88.7 Å². The zero-order chi connectivity index (χ0) is 14.7. The molecule has 0 amide bonds. The van der Waals surface area contributed by atoms with Gasteiger partial charge in [0.05, 0.1) is 6.42 Å². The van der Waals surface area contributed by atoms with Crippen LogP contribution in [-0.4, -0.2) is 15.3 Å². The molecule has 0 saturated heterocycles. The van der Waals surface area contributed by atoms with E-state index in [9.17, 15) is 0 Å². The van der Waals surface area contributed by atoms with Crippen molar-refractivity contribution >= 4 is 0 Å². The van der Waals surface area contributed by atoms with Gasteiger partial charge in [0.25, 0.3) is 0 Å². The predicted molar refractivity (Wildman–Crippen MR) is 73.5 cm³/mol. The van der Waals surface area contributed by atoms with Crippen LogP contribution in [0.1, 0.15) is 73.2 Å². The second-order valence-electron chi connectivity index (χ2n) is 5.58. The number of hydrogen-bond donors (Lipinski definition) is 0. The van der Waals surface area contributed by atoms with E-state index in [0.29, 0.717) is 35.2 Å². The van der Waals surface area contributed by atoms with Gasteiger partial charge in [0, 0.05) is 5.92 Å². The van der Waals surface area contributed by atoms with Crippen molar-refractivity contribution in [1.82, 2.24) is 15.3 Å². The Kier molecular flexibility index (Phi) is 4.00. The summed E-state index contributed by atoms with van der Waals surface area (Å²) < 4.78 is 10.4. The van der Waals surface area contributed by atoms with Gasteiger partial charge in [-0.2, -0.15) is 10.2 Å². The Morgan fingerprint density at radius 1 is 1.14 bits per heavy atom. The monoisotopic (exact) mass is 286 g/mol. The molecule has 2 aromatic rings. The summed E-state index contributed by atoms with van der Waals surface area (Å²) in [6, 6.07) is 2.10. The molecule has 6 nitrogen and oxygen atoms in total. The van der Waals surface area contributed by atoms with Crippen LogP contribution in [0.15, 0.2) is 9.05 Å². The third-order valence-electron chi connectivity index (χ3n) is 4.07. The molecule has 1 aliphatic rings. The largest absolute Gasteiger partial charge is 0.360 e. The SMILES string of the molecule is Cc1onc(Cc2nc(C3CCCCCC3)no2)c1C#N. The summed E-state index contributed by atoms with van der Waals surface area (Å²) in [5.41, 5.74) is 1.02. The Balaban J connectivity index is 1.74. The molecule has 1 aliphatic carbocycles. The van der Waals surface area contributed by atoms with E-state index in [1.807, 2.05) is 0 Å². The molecule has 0 N–H and O–H groups in total. The fourth-order valence-electron chi connectivity index (χ4n) is 2.87. The van der Waals surface area contributed by atoms with Crippen LogP contribution >= 0.6 is 0 Å². The van der Waals surface area contributed by atoms with Gasteiger partial charge in [-0.05, 0) is 19.8 Å². The zero-order valence-electron chi connectivity index (χ0n) is 12.1. The van der Waals surface area contributed by atoms with Gasteiger partial charge < -0.3 is 9.05 Å². The molecule has 0 aliphatic heterocycles. The average Bonchev–Trinajstić information content (AvgIpc) is 2.97. The van der Waals surface area contributed by atoms with Crippen molar-refractivity contribution in [2.75, 3.05) is 0 Å². The molecule has 3 rings (SSSR count). The minimum atomic E-state index is 0.347. The Morgan fingerprint density at radius 2 is 1.90 bits per heavy atom. The van der Waals surface area contributed by atoms with Crippen molar-refractivity contribution in [3.63, 3.8) is 0 Å². The second-order valence-corrected chi connectivity index (χ2v) is 5.58. The minimum absolute atomic E-state index is 0.347. The van der Waals surface area contributed by atoms with Gasteiger partial charge in [-0.15, -0.1) is 0 Å². The number of aryl methyl sites for hydroxylation is 1. The van der Waals surface area contributed by atoms with E-state index in [4.69, 9.17) is 14.3 Å². The van der Waals surface area contributed by atoms with Crippen molar-refractivity contribution in [3.8, 4) is 6.07 Å². The summed E-state index contributed by atoms with van der Waals surface area (Å²) in [6.45, 7) is 1.72. The Hall–Kier alpha value is -2.16. The van der Waals surface area contributed by atoms with Gasteiger partial charge >= 0.3 is 0 Å². The van der Waals surface area contributed by atoms with Gasteiger partial charge in [0.2, 0.25) is 5.89 Å². The quantitative estimate of drug-likeness (QED) is 0.804. The first kappa shape index (κ1) is 13.8. The summed E-state index contributed by atoms with van der Waals surface area (Å²) in [6.07, 6.45) is 7.66. The van der Waals surface area contributed by atoms with E-state index in [2.05, 4.69) is 21.4 Å². The highest BCUT2D eigenvalue weighted by Gasteiger charge is 2.21. The van der Waals surface area contributed by atoms with E-state index < -0.39 is 0 Å². The molecule has 2 aromatic heterocycles. The van der Waals surface area contributed by atoms with Crippen LogP contribution in [0.4, 0.5) is 0 Å². The lowest BCUT2D eigenvalue weighted by molar-refractivity contribution is 0.364. The molecule has 0 spiro atoms. The van der Waals surface area contributed by atoms with E-state index >= 15 is 0 Å². The van der Waals surface area contributed by atoms with Crippen LogP contribution in [0.5, 0.6) is 0 Å². The van der Waals surface area contributed by atoms with Crippen LogP contribution in [0.2, 0.25) is 0 Å². The summed E-state index contributed by atoms with van der Waals surface area (Å²) in [7, 11) is 0. The highest BCUT2D eigenvalue weighted by Crippen LogP contribution is 2.30. The van der Waals surface area contributed by atoms with Crippen molar-refractivity contribution in [2.24, 2.45) is 0 Å². The van der Waals surface area contributed by atoms with Gasteiger partial charge in [0.15, 0.2) is 11.6 Å². The van der Waals surface area contributed by atoms with Gasteiger partial charge in [-0.3, -0.25) is 0 Å². The van der Waals surface area contributed by atoms with Crippen molar-refractivity contribution in [1.29, 1.82) is 5.26 Å². The molecular formula is C15H18N4O2.